The maximum Gasteiger partial charge on any atom is 0.416 e. The van der Waals surface area contributed by atoms with Gasteiger partial charge in [-0.15, -0.1) is 0 Å². The van der Waals surface area contributed by atoms with Crippen molar-refractivity contribution in [1.82, 2.24) is 19.7 Å². The van der Waals surface area contributed by atoms with E-state index in [1.807, 2.05) is 0 Å². The number of fused-ring (bicyclic) bond motifs is 1. The first-order valence-electron chi connectivity index (χ1n) is 10.3. The molecule has 34 heavy (non-hydrogen) atoms. The van der Waals surface area contributed by atoms with Crippen LogP contribution in [0.3, 0.4) is 0 Å². The minimum atomic E-state index is -4.61. The standard InChI is InChI=1S/C23H20F3N5O3/c1-14-9-15(2)30(28-14)18-4-3-17(20(11-18)23(24,25)26)12-27-22(32)13-29-8-7-16-10-19(31(33)34)5-6-21(16)29/h3-11H,12-13H2,1-2H3,(H,27,32). The maximum absolute atomic E-state index is 13.7. The van der Waals surface area contributed by atoms with Crippen LogP contribution in [-0.2, 0) is 24.1 Å². The Morgan fingerprint density at radius 1 is 1.12 bits per heavy atom. The van der Waals surface area contributed by atoms with Crippen LogP contribution < -0.4 is 5.32 Å². The number of benzene rings is 2. The van der Waals surface area contributed by atoms with Gasteiger partial charge in [0, 0.05) is 41.5 Å². The second-order valence-corrected chi connectivity index (χ2v) is 7.90. The molecule has 0 radical (unpaired) electrons. The molecule has 8 nitrogen and oxygen atoms in total. The zero-order valence-electron chi connectivity index (χ0n) is 18.3. The summed E-state index contributed by atoms with van der Waals surface area (Å²) in [5.74, 6) is -0.494. The molecule has 0 aliphatic rings. The van der Waals surface area contributed by atoms with Crippen molar-refractivity contribution in [2.75, 3.05) is 0 Å². The van der Waals surface area contributed by atoms with Gasteiger partial charge in [-0.05, 0) is 49.7 Å². The number of non-ortho nitro benzene ring substituents is 1. The fourth-order valence-corrected chi connectivity index (χ4v) is 3.85. The Labute approximate surface area is 191 Å². The Balaban J connectivity index is 1.51. The number of aryl methyl sites for hydroxylation is 2. The largest absolute Gasteiger partial charge is 0.416 e. The monoisotopic (exact) mass is 471 g/mol. The van der Waals surface area contributed by atoms with Gasteiger partial charge in [0.15, 0.2) is 0 Å². The fraction of sp³-hybridized carbons (Fsp3) is 0.217. The van der Waals surface area contributed by atoms with E-state index in [4.69, 9.17) is 0 Å². The van der Waals surface area contributed by atoms with E-state index in [0.717, 1.165) is 6.07 Å². The Morgan fingerprint density at radius 3 is 2.53 bits per heavy atom. The molecule has 0 fully saturated rings. The SMILES string of the molecule is Cc1cc(C)n(-c2ccc(CNC(=O)Cn3ccc4cc([N+](=O)[O-])ccc43)c(C(F)(F)F)c2)n1. The smallest absolute Gasteiger partial charge is 0.350 e. The second kappa shape index (κ2) is 8.65. The first kappa shape index (κ1) is 23.0. The van der Waals surface area contributed by atoms with E-state index in [-0.39, 0.29) is 30.0 Å². The summed E-state index contributed by atoms with van der Waals surface area (Å²) >= 11 is 0. The van der Waals surface area contributed by atoms with Crippen LogP contribution in [0.2, 0.25) is 0 Å². The molecule has 0 bridgehead atoms. The Hall–Kier alpha value is -4.15. The Kier molecular flexibility index (Phi) is 5.86. The number of nitrogens with one attached hydrogen (secondary N) is 1. The van der Waals surface area contributed by atoms with E-state index in [2.05, 4.69) is 10.4 Å². The molecule has 1 N–H and O–H groups in total. The number of hydrogen-bond donors (Lipinski definition) is 1. The summed E-state index contributed by atoms with van der Waals surface area (Å²) in [6.07, 6.45) is -3.02. The molecule has 0 saturated heterocycles. The fourth-order valence-electron chi connectivity index (χ4n) is 3.85. The highest BCUT2D eigenvalue weighted by molar-refractivity contribution is 5.85. The summed E-state index contributed by atoms with van der Waals surface area (Å²) in [7, 11) is 0. The van der Waals surface area contributed by atoms with Crippen molar-refractivity contribution in [3.8, 4) is 5.69 Å². The number of amides is 1. The number of halogens is 3. The van der Waals surface area contributed by atoms with Crippen molar-refractivity contribution in [2.45, 2.75) is 33.1 Å². The van der Waals surface area contributed by atoms with Gasteiger partial charge in [0.1, 0.15) is 6.54 Å². The number of carbonyl (C=O) groups excluding carboxylic acids is 1. The molecule has 0 atom stereocenters. The van der Waals surface area contributed by atoms with Gasteiger partial charge in [0.2, 0.25) is 5.91 Å². The first-order valence-corrected chi connectivity index (χ1v) is 10.3. The van der Waals surface area contributed by atoms with Crippen molar-refractivity contribution >= 4 is 22.5 Å². The van der Waals surface area contributed by atoms with Crippen LogP contribution in [0, 0.1) is 24.0 Å². The molecule has 2 aromatic carbocycles. The minimum Gasteiger partial charge on any atom is -0.350 e. The van der Waals surface area contributed by atoms with E-state index < -0.39 is 22.6 Å². The maximum atomic E-state index is 13.7. The Morgan fingerprint density at radius 2 is 1.88 bits per heavy atom. The predicted molar refractivity (Wildman–Crippen MR) is 118 cm³/mol. The van der Waals surface area contributed by atoms with Gasteiger partial charge >= 0.3 is 6.18 Å². The summed E-state index contributed by atoms with van der Waals surface area (Å²) in [6.45, 7) is 3.06. The molecule has 0 aliphatic heterocycles. The van der Waals surface area contributed by atoms with Gasteiger partial charge in [-0.3, -0.25) is 14.9 Å². The van der Waals surface area contributed by atoms with Gasteiger partial charge in [-0.1, -0.05) is 6.07 Å². The molecular weight excluding hydrogens is 451 g/mol. The van der Waals surface area contributed by atoms with E-state index in [1.54, 1.807) is 36.7 Å². The van der Waals surface area contributed by atoms with E-state index in [9.17, 15) is 28.1 Å². The molecule has 4 rings (SSSR count). The molecule has 0 spiro atoms. The lowest BCUT2D eigenvalue weighted by atomic mass is 10.1. The van der Waals surface area contributed by atoms with Gasteiger partial charge in [-0.2, -0.15) is 18.3 Å². The molecule has 4 aromatic rings. The Bertz CT molecular complexity index is 1400. The third-order valence-electron chi connectivity index (χ3n) is 5.41. The van der Waals surface area contributed by atoms with Crippen LogP contribution >= 0.6 is 0 Å². The van der Waals surface area contributed by atoms with Crippen molar-refractivity contribution < 1.29 is 22.9 Å². The normalized spacial score (nSPS) is 11.7. The number of alkyl halides is 3. The van der Waals surface area contributed by atoms with Crippen LogP contribution in [0.1, 0.15) is 22.5 Å². The number of aromatic nitrogens is 3. The van der Waals surface area contributed by atoms with Crippen LogP contribution in [0.5, 0.6) is 0 Å². The van der Waals surface area contributed by atoms with Gasteiger partial charge in [-0.25, -0.2) is 4.68 Å². The molecule has 0 aliphatic carbocycles. The molecule has 1 amide bonds. The van der Waals surface area contributed by atoms with Crippen molar-refractivity contribution in [3.05, 3.63) is 87.4 Å². The molecule has 176 valence electrons. The number of nitrogens with zero attached hydrogens (tertiary/aromatic N) is 4. The van der Waals surface area contributed by atoms with Crippen LogP contribution in [0.4, 0.5) is 18.9 Å². The summed E-state index contributed by atoms with van der Waals surface area (Å²) in [6, 6.07) is 11.5. The number of hydrogen-bond acceptors (Lipinski definition) is 4. The van der Waals surface area contributed by atoms with Crippen LogP contribution in [0.15, 0.2) is 54.7 Å². The molecule has 11 heteroatoms. The van der Waals surface area contributed by atoms with Crippen molar-refractivity contribution in [3.63, 3.8) is 0 Å². The lowest BCUT2D eigenvalue weighted by Crippen LogP contribution is -2.28. The van der Waals surface area contributed by atoms with Crippen molar-refractivity contribution in [2.24, 2.45) is 0 Å². The molecule has 2 heterocycles. The van der Waals surface area contributed by atoms with Gasteiger partial charge in [0.05, 0.1) is 21.9 Å². The molecule has 0 unspecified atom stereocenters. The second-order valence-electron chi connectivity index (χ2n) is 7.90. The third kappa shape index (κ3) is 4.63. The minimum absolute atomic E-state index is 0.0703. The topological polar surface area (TPSA) is 95.0 Å². The van der Waals surface area contributed by atoms with E-state index in [0.29, 0.717) is 22.3 Å². The number of carbonyl (C=O) groups is 1. The number of rotatable bonds is 6. The third-order valence-corrected chi connectivity index (χ3v) is 5.41. The number of nitro groups is 1. The summed E-state index contributed by atoms with van der Waals surface area (Å²) in [4.78, 5) is 22.9. The average molecular weight is 471 g/mol. The van der Waals surface area contributed by atoms with Crippen LogP contribution in [0.25, 0.3) is 16.6 Å². The highest BCUT2D eigenvalue weighted by Gasteiger charge is 2.34. The average Bonchev–Trinajstić information content (AvgIpc) is 3.33. The predicted octanol–water partition coefficient (Wildman–Crippen LogP) is 4.69. The zero-order chi connectivity index (χ0) is 24.6. The lowest BCUT2D eigenvalue weighted by molar-refractivity contribution is -0.384. The van der Waals surface area contributed by atoms with Crippen molar-refractivity contribution in [1.29, 1.82) is 0 Å². The molecular formula is C23H20F3N5O3. The summed E-state index contributed by atoms with van der Waals surface area (Å²) < 4.78 is 44.3. The van der Waals surface area contributed by atoms with E-state index >= 15 is 0 Å². The van der Waals surface area contributed by atoms with Gasteiger partial charge < -0.3 is 9.88 Å². The highest BCUT2D eigenvalue weighted by atomic mass is 19.4. The first-order chi connectivity index (χ1) is 16.0. The van der Waals surface area contributed by atoms with Crippen LogP contribution in [-0.4, -0.2) is 25.2 Å². The van der Waals surface area contributed by atoms with Gasteiger partial charge in [0.25, 0.3) is 5.69 Å². The summed E-state index contributed by atoms with van der Waals surface area (Å²) in [5.41, 5.74) is 1.28. The highest BCUT2D eigenvalue weighted by Crippen LogP contribution is 2.33. The molecule has 0 saturated carbocycles. The van der Waals surface area contributed by atoms with E-state index in [1.165, 1.54) is 35.0 Å². The quantitative estimate of drug-likeness (QED) is 0.326. The molecule has 2 aromatic heterocycles. The summed E-state index contributed by atoms with van der Waals surface area (Å²) in [5, 5.41) is 18.3. The lowest BCUT2D eigenvalue weighted by Gasteiger charge is -2.16. The number of nitro benzene ring substituents is 1. The zero-order valence-corrected chi connectivity index (χ0v) is 18.3.